The Hall–Kier alpha value is -1.12. The van der Waals surface area contributed by atoms with Crippen molar-refractivity contribution in [2.24, 2.45) is 0 Å². The van der Waals surface area contributed by atoms with Crippen molar-refractivity contribution in [1.29, 1.82) is 5.26 Å². The molecule has 0 amide bonds. The van der Waals surface area contributed by atoms with E-state index in [0.29, 0.717) is 11.6 Å². The molecule has 1 aromatic heterocycles. The molecule has 5 heteroatoms. The SMILES string of the molecule is C[C@H]1CN(c2ncc(Br)cc2C#N)CCN1. The predicted molar refractivity (Wildman–Crippen MR) is 66.3 cm³/mol. The molecule has 1 fully saturated rings. The van der Waals surface area contributed by atoms with Crippen LogP contribution in [0, 0.1) is 11.3 Å². The second-order valence-corrected chi connectivity index (χ2v) is 4.85. The number of hydrogen-bond donors (Lipinski definition) is 1. The Morgan fingerprint density at radius 2 is 2.50 bits per heavy atom. The molecule has 84 valence electrons. The summed E-state index contributed by atoms with van der Waals surface area (Å²) in [6.07, 6.45) is 1.74. The highest BCUT2D eigenvalue weighted by molar-refractivity contribution is 9.10. The van der Waals surface area contributed by atoms with E-state index < -0.39 is 0 Å². The number of rotatable bonds is 1. The van der Waals surface area contributed by atoms with E-state index in [1.807, 2.05) is 6.07 Å². The Morgan fingerprint density at radius 1 is 1.69 bits per heavy atom. The van der Waals surface area contributed by atoms with E-state index in [2.05, 4.69) is 44.1 Å². The van der Waals surface area contributed by atoms with Gasteiger partial charge in [-0.3, -0.25) is 0 Å². The zero-order chi connectivity index (χ0) is 11.5. The van der Waals surface area contributed by atoms with Gasteiger partial charge in [0, 0.05) is 36.3 Å². The first-order chi connectivity index (χ1) is 7.70. The summed E-state index contributed by atoms with van der Waals surface area (Å²) in [4.78, 5) is 6.49. The van der Waals surface area contributed by atoms with Crippen molar-refractivity contribution in [2.45, 2.75) is 13.0 Å². The van der Waals surface area contributed by atoms with E-state index in [9.17, 15) is 0 Å². The van der Waals surface area contributed by atoms with Gasteiger partial charge in [0.1, 0.15) is 11.9 Å². The van der Waals surface area contributed by atoms with Gasteiger partial charge in [-0.25, -0.2) is 4.98 Å². The molecule has 1 saturated heterocycles. The van der Waals surface area contributed by atoms with Crippen molar-refractivity contribution in [3.8, 4) is 6.07 Å². The van der Waals surface area contributed by atoms with E-state index in [1.165, 1.54) is 0 Å². The van der Waals surface area contributed by atoms with Gasteiger partial charge in [-0.2, -0.15) is 5.26 Å². The lowest BCUT2D eigenvalue weighted by Gasteiger charge is -2.33. The van der Waals surface area contributed by atoms with Crippen LogP contribution in [0.3, 0.4) is 0 Å². The van der Waals surface area contributed by atoms with Gasteiger partial charge in [-0.15, -0.1) is 0 Å². The van der Waals surface area contributed by atoms with Gasteiger partial charge in [0.15, 0.2) is 0 Å². The van der Waals surface area contributed by atoms with Crippen LogP contribution in [0.15, 0.2) is 16.7 Å². The Balaban J connectivity index is 2.29. The fourth-order valence-corrected chi connectivity index (χ4v) is 2.22. The van der Waals surface area contributed by atoms with Crippen LogP contribution in [-0.2, 0) is 0 Å². The molecule has 1 aliphatic heterocycles. The molecule has 4 nitrogen and oxygen atoms in total. The van der Waals surface area contributed by atoms with Gasteiger partial charge >= 0.3 is 0 Å². The summed E-state index contributed by atoms with van der Waals surface area (Å²) in [7, 11) is 0. The van der Waals surface area contributed by atoms with Crippen molar-refractivity contribution < 1.29 is 0 Å². The molecule has 1 aromatic rings. The standard InChI is InChI=1S/C11H13BrN4/c1-8-7-16(3-2-14-8)11-9(5-13)4-10(12)6-15-11/h4,6,8,14H,2-3,7H2,1H3/t8-/m0/s1. The maximum Gasteiger partial charge on any atom is 0.146 e. The Bertz CT molecular complexity index is 426. The number of nitrogens with one attached hydrogen (secondary N) is 1. The van der Waals surface area contributed by atoms with E-state index in [1.54, 1.807) is 6.20 Å². The predicted octanol–water partition coefficient (Wildman–Crippen LogP) is 1.51. The normalized spacial score (nSPS) is 20.6. The topological polar surface area (TPSA) is 52.0 Å². The first-order valence-corrected chi connectivity index (χ1v) is 6.04. The van der Waals surface area contributed by atoms with Crippen molar-refractivity contribution in [3.05, 3.63) is 22.3 Å². The summed E-state index contributed by atoms with van der Waals surface area (Å²) < 4.78 is 0.844. The van der Waals surface area contributed by atoms with Gasteiger partial charge in [0.25, 0.3) is 0 Å². The maximum absolute atomic E-state index is 9.09. The molecule has 0 radical (unpaired) electrons. The molecular weight excluding hydrogens is 268 g/mol. The number of halogens is 1. The van der Waals surface area contributed by atoms with Crippen LogP contribution in [-0.4, -0.2) is 30.7 Å². The minimum atomic E-state index is 0.436. The molecule has 2 rings (SSSR count). The lowest BCUT2D eigenvalue weighted by Crippen LogP contribution is -2.49. The number of piperazine rings is 1. The van der Waals surface area contributed by atoms with Gasteiger partial charge in [-0.1, -0.05) is 0 Å². The van der Waals surface area contributed by atoms with Crippen molar-refractivity contribution in [3.63, 3.8) is 0 Å². The number of nitrogens with zero attached hydrogens (tertiary/aromatic N) is 3. The van der Waals surface area contributed by atoms with Crippen LogP contribution in [0.25, 0.3) is 0 Å². The molecule has 2 heterocycles. The van der Waals surface area contributed by atoms with Crippen LogP contribution in [0.2, 0.25) is 0 Å². The second kappa shape index (κ2) is 4.81. The molecule has 0 unspecified atom stereocenters. The third-order valence-electron chi connectivity index (χ3n) is 2.62. The minimum Gasteiger partial charge on any atom is -0.353 e. The highest BCUT2D eigenvalue weighted by Gasteiger charge is 2.19. The fraction of sp³-hybridized carbons (Fsp3) is 0.455. The lowest BCUT2D eigenvalue weighted by atomic mass is 10.2. The third-order valence-corrected chi connectivity index (χ3v) is 3.06. The molecule has 16 heavy (non-hydrogen) atoms. The highest BCUT2D eigenvalue weighted by atomic mass is 79.9. The van der Waals surface area contributed by atoms with Crippen LogP contribution in [0.5, 0.6) is 0 Å². The molecule has 0 aliphatic carbocycles. The van der Waals surface area contributed by atoms with Gasteiger partial charge in [0.2, 0.25) is 0 Å². The Kier molecular flexibility index (Phi) is 3.42. The van der Waals surface area contributed by atoms with Crippen LogP contribution in [0.4, 0.5) is 5.82 Å². The van der Waals surface area contributed by atoms with Gasteiger partial charge in [-0.05, 0) is 28.9 Å². The molecule has 1 atom stereocenters. The minimum absolute atomic E-state index is 0.436. The average molecular weight is 281 g/mol. The van der Waals surface area contributed by atoms with Crippen molar-refractivity contribution in [1.82, 2.24) is 10.3 Å². The molecule has 0 aromatic carbocycles. The monoisotopic (exact) mass is 280 g/mol. The summed E-state index contributed by atoms with van der Waals surface area (Å²) in [5.41, 5.74) is 0.628. The Morgan fingerprint density at radius 3 is 3.19 bits per heavy atom. The van der Waals surface area contributed by atoms with Crippen LogP contribution < -0.4 is 10.2 Å². The molecule has 0 saturated carbocycles. The van der Waals surface area contributed by atoms with Crippen LogP contribution in [0.1, 0.15) is 12.5 Å². The zero-order valence-corrected chi connectivity index (χ0v) is 10.7. The lowest BCUT2D eigenvalue weighted by molar-refractivity contribution is 0.482. The van der Waals surface area contributed by atoms with E-state index in [4.69, 9.17) is 5.26 Å². The van der Waals surface area contributed by atoms with E-state index in [0.717, 1.165) is 29.9 Å². The zero-order valence-electron chi connectivity index (χ0n) is 9.07. The number of anilines is 1. The summed E-state index contributed by atoms with van der Waals surface area (Å²) >= 11 is 3.33. The second-order valence-electron chi connectivity index (χ2n) is 3.94. The largest absolute Gasteiger partial charge is 0.353 e. The number of hydrogen-bond acceptors (Lipinski definition) is 4. The van der Waals surface area contributed by atoms with Crippen molar-refractivity contribution >= 4 is 21.7 Å². The molecule has 1 N–H and O–H groups in total. The summed E-state index contributed by atoms with van der Waals surface area (Å²) in [6, 6.07) is 4.44. The molecule has 0 spiro atoms. The first kappa shape index (κ1) is 11.4. The van der Waals surface area contributed by atoms with Crippen molar-refractivity contribution in [2.75, 3.05) is 24.5 Å². The molecule has 0 bridgehead atoms. The number of aromatic nitrogens is 1. The Labute approximate surface area is 103 Å². The van der Waals surface area contributed by atoms with E-state index in [-0.39, 0.29) is 0 Å². The van der Waals surface area contributed by atoms with Gasteiger partial charge < -0.3 is 10.2 Å². The fourth-order valence-electron chi connectivity index (χ4n) is 1.89. The third kappa shape index (κ3) is 2.34. The van der Waals surface area contributed by atoms with E-state index >= 15 is 0 Å². The maximum atomic E-state index is 9.09. The quantitative estimate of drug-likeness (QED) is 0.848. The number of nitriles is 1. The summed E-state index contributed by atoms with van der Waals surface area (Å²) in [6.45, 7) is 4.86. The molecule has 1 aliphatic rings. The summed E-state index contributed by atoms with van der Waals surface area (Å²) in [5.74, 6) is 0.791. The molecular formula is C11H13BrN4. The van der Waals surface area contributed by atoms with Crippen LogP contribution >= 0.6 is 15.9 Å². The average Bonchev–Trinajstić information content (AvgIpc) is 2.28. The smallest absolute Gasteiger partial charge is 0.146 e. The first-order valence-electron chi connectivity index (χ1n) is 5.24. The highest BCUT2D eigenvalue weighted by Crippen LogP contribution is 2.21. The van der Waals surface area contributed by atoms with Gasteiger partial charge in [0.05, 0.1) is 5.56 Å². The summed E-state index contributed by atoms with van der Waals surface area (Å²) in [5, 5.41) is 12.5. The number of pyridine rings is 1.